The molecule has 0 amide bonds. The second kappa shape index (κ2) is 7.62. The molecule has 146 valence electrons. The lowest BCUT2D eigenvalue weighted by Crippen LogP contribution is -2.41. The number of nitrogens with one attached hydrogen (secondary N) is 1. The number of halogens is 1. The van der Waals surface area contributed by atoms with E-state index in [0.717, 1.165) is 24.3 Å². The van der Waals surface area contributed by atoms with E-state index in [1.807, 2.05) is 24.3 Å². The molecule has 29 heavy (non-hydrogen) atoms. The molecule has 5 rings (SSSR count). The maximum Gasteiger partial charge on any atom is 0.230 e. The number of nitrogens with zero attached hydrogens (tertiary/aromatic N) is 2. The third-order valence-corrected chi connectivity index (χ3v) is 6.06. The average molecular weight is 404 g/mol. The van der Waals surface area contributed by atoms with Crippen molar-refractivity contribution in [2.45, 2.75) is 37.8 Å². The van der Waals surface area contributed by atoms with Crippen LogP contribution in [0.4, 0.5) is 0 Å². The van der Waals surface area contributed by atoms with Crippen molar-refractivity contribution in [1.82, 2.24) is 15.5 Å². The molecule has 1 atom stereocenters. The van der Waals surface area contributed by atoms with Gasteiger partial charge in [-0.2, -0.15) is 4.98 Å². The van der Waals surface area contributed by atoms with Gasteiger partial charge in [0.1, 0.15) is 0 Å². The Balaban J connectivity index is 1.23. The Morgan fingerprint density at radius 1 is 1.00 bits per heavy atom. The van der Waals surface area contributed by atoms with E-state index in [1.165, 1.54) is 16.3 Å². The fraction of sp³-hybridized carbons (Fsp3) is 0.250. The zero-order valence-corrected chi connectivity index (χ0v) is 16.9. The lowest BCUT2D eigenvalue weighted by Gasteiger charge is -2.36. The summed E-state index contributed by atoms with van der Waals surface area (Å²) in [6, 6.07) is 23.3. The average Bonchev–Trinajstić information content (AvgIpc) is 3.20. The first kappa shape index (κ1) is 18.3. The van der Waals surface area contributed by atoms with Gasteiger partial charge in [0, 0.05) is 28.6 Å². The van der Waals surface area contributed by atoms with Crippen LogP contribution in [0, 0.1) is 0 Å². The zero-order valence-electron chi connectivity index (χ0n) is 16.2. The van der Waals surface area contributed by atoms with Crippen molar-refractivity contribution in [2.75, 3.05) is 0 Å². The van der Waals surface area contributed by atoms with Gasteiger partial charge >= 0.3 is 0 Å². The number of rotatable bonds is 5. The quantitative estimate of drug-likeness (QED) is 0.434. The summed E-state index contributed by atoms with van der Waals surface area (Å²) in [7, 11) is 0. The summed E-state index contributed by atoms with van der Waals surface area (Å²) in [5.41, 5.74) is 2.26. The van der Waals surface area contributed by atoms with E-state index in [9.17, 15) is 0 Å². The molecule has 5 heteroatoms. The fourth-order valence-electron chi connectivity index (χ4n) is 4.14. The van der Waals surface area contributed by atoms with E-state index in [4.69, 9.17) is 16.1 Å². The Morgan fingerprint density at radius 2 is 1.76 bits per heavy atom. The summed E-state index contributed by atoms with van der Waals surface area (Å²) in [6.07, 6.45) is 2.02. The smallest absolute Gasteiger partial charge is 0.230 e. The molecule has 4 aromatic rings. The van der Waals surface area contributed by atoms with Crippen LogP contribution in [-0.2, 0) is 0 Å². The van der Waals surface area contributed by atoms with Crippen LogP contribution >= 0.6 is 11.6 Å². The molecule has 3 aromatic carbocycles. The van der Waals surface area contributed by atoms with Gasteiger partial charge < -0.3 is 9.84 Å². The minimum absolute atomic E-state index is 0.291. The van der Waals surface area contributed by atoms with Crippen LogP contribution in [0.5, 0.6) is 0 Å². The molecule has 1 aliphatic rings. The highest BCUT2D eigenvalue weighted by Crippen LogP contribution is 2.38. The van der Waals surface area contributed by atoms with Crippen molar-refractivity contribution in [3.63, 3.8) is 0 Å². The van der Waals surface area contributed by atoms with Gasteiger partial charge in [-0.05, 0) is 60.4 Å². The van der Waals surface area contributed by atoms with E-state index in [0.29, 0.717) is 28.8 Å². The summed E-state index contributed by atoms with van der Waals surface area (Å²) in [6.45, 7) is 2.24. The normalized spacial score (nSPS) is 19.8. The molecule has 0 saturated heterocycles. The molecule has 1 fully saturated rings. The second-order valence-corrected chi connectivity index (χ2v) is 8.22. The lowest BCUT2D eigenvalue weighted by molar-refractivity contribution is 0.223. The Kier molecular flexibility index (Phi) is 4.82. The highest BCUT2D eigenvalue weighted by atomic mass is 35.5. The first-order chi connectivity index (χ1) is 14.2. The first-order valence-electron chi connectivity index (χ1n) is 10.0. The maximum atomic E-state index is 5.95. The van der Waals surface area contributed by atoms with E-state index >= 15 is 0 Å². The summed E-state index contributed by atoms with van der Waals surface area (Å²) in [5.74, 6) is 1.67. The van der Waals surface area contributed by atoms with Gasteiger partial charge in [-0.1, -0.05) is 59.2 Å². The molecule has 1 aromatic heterocycles. The predicted octanol–water partition coefficient (Wildman–Crippen LogP) is 6.14. The largest absolute Gasteiger partial charge is 0.339 e. The summed E-state index contributed by atoms with van der Waals surface area (Å²) in [4.78, 5) is 4.60. The first-order valence-corrected chi connectivity index (χ1v) is 10.4. The molecule has 1 heterocycles. The van der Waals surface area contributed by atoms with Gasteiger partial charge in [-0.25, -0.2) is 0 Å². The van der Waals surface area contributed by atoms with Crippen LogP contribution in [0.2, 0.25) is 5.02 Å². The third kappa shape index (κ3) is 3.66. The molecular weight excluding hydrogens is 382 g/mol. The van der Waals surface area contributed by atoms with Crippen LogP contribution in [-0.4, -0.2) is 16.2 Å². The van der Waals surface area contributed by atoms with Crippen molar-refractivity contribution in [2.24, 2.45) is 0 Å². The van der Waals surface area contributed by atoms with Gasteiger partial charge in [-0.15, -0.1) is 0 Å². The van der Waals surface area contributed by atoms with Crippen molar-refractivity contribution in [3.05, 3.63) is 83.2 Å². The van der Waals surface area contributed by atoms with Crippen molar-refractivity contribution in [1.29, 1.82) is 0 Å². The van der Waals surface area contributed by atoms with E-state index < -0.39 is 0 Å². The Morgan fingerprint density at radius 3 is 2.59 bits per heavy atom. The molecule has 0 bridgehead atoms. The number of aromatic nitrogens is 2. The minimum atomic E-state index is 0.291. The van der Waals surface area contributed by atoms with Crippen LogP contribution in [0.25, 0.3) is 22.2 Å². The SMILES string of the molecule is C[C@@H](NC1CC(c2nc(-c3ccc(Cl)cc3)no2)C1)c1cccc2ccccc12. The maximum absolute atomic E-state index is 5.95. The third-order valence-electron chi connectivity index (χ3n) is 5.81. The van der Waals surface area contributed by atoms with E-state index in [1.54, 1.807) is 0 Å². The van der Waals surface area contributed by atoms with E-state index in [2.05, 4.69) is 64.8 Å². The topological polar surface area (TPSA) is 51.0 Å². The van der Waals surface area contributed by atoms with Crippen LogP contribution in [0.15, 0.2) is 71.3 Å². The van der Waals surface area contributed by atoms with Gasteiger partial charge in [0.15, 0.2) is 0 Å². The Bertz CT molecular complexity index is 1130. The van der Waals surface area contributed by atoms with Crippen molar-refractivity contribution < 1.29 is 4.52 Å². The summed E-state index contributed by atoms with van der Waals surface area (Å²) < 4.78 is 5.53. The van der Waals surface area contributed by atoms with Gasteiger partial charge in [0.25, 0.3) is 0 Å². The predicted molar refractivity (Wildman–Crippen MR) is 116 cm³/mol. The van der Waals surface area contributed by atoms with Gasteiger partial charge in [0.2, 0.25) is 11.7 Å². The molecule has 0 radical (unpaired) electrons. The number of hydrogen-bond donors (Lipinski definition) is 1. The van der Waals surface area contributed by atoms with Crippen LogP contribution in [0.1, 0.15) is 43.2 Å². The molecular formula is C24H22ClN3O. The monoisotopic (exact) mass is 403 g/mol. The Hall–Kier alpha value is -2.69. The molecule has 0 spiro atoms. The lowest BCUT2D eigenvalue weighted by atomic mass is 9.79. The van der Waals surface area contributed by atoms with Crippen molar-refractivity contribution in [3.8, 4) is 11.4 Å². The highest BCUT2D eigenvalue weighted by Gasteiger charge is 2.35. The number of benzene rings is 3. The zero-order chi connectivity index (χ0) is 19.8. The minimum Gasteiger partial charge on any atom is -0.339 e. The number of hydrogen-bond acceptors (Lipinski definition) is 4. The van der Waals surface area contributed by atoms with Crippen molar-refractivity contribution >= 4 is 22.4 Å². The standard InChI is InChI=1S/C24H22ClN3O/c1-15(21-8-4-6-16-5-2-3-7-22(16)21)26-20-13-18(14-20)24-27-23(28-29-24)17-9-11-19(25)12-10-17/h2-12,15,18,20,26H,13-14H2,1H3/t15-,18?,20?/m1/s1. The van der Waals surface area contributed by atoms with Gasteiger partial charge in [-0.3, -0.25) is 0 Å². The van der Waals surface area contributed by atoms with Crippen LogP contribution < -0.4 is 5.32 Å². The molecule has 1 aliphatic carbocycles. The van der Waals surface area contributed by atoms with Crippen LogP contribution in [0.3, 0.4) is 0 Å². The summed E-state index contributed by atoms with van der Waals surface area (Å²) >= 11 is 5.95. The van der Waals surface area contributed by atoms with E-state index in [-0.39, 0.29) is 0 Å². The highest BCUT2D eigenvalue weighted by molar-refractivity contribution is 6.30. The van der Waals surface area contributed by atoms with Gasteiger partial charge in [0.05, 0.1) is 0 Å². The second-order valence-electron chi connectivity index (χ2n) is 7.79. The Labute approximate surface area is 174 Å². The molecule has 1 saturated carbocycles. The number of fused-ring (bicyclic) bond motifs is 1. The molecule has 4 nitrogen and oxygen atoms in total. The summed E-state index contributed by atoms with van der Waals surface area (Å²) in [5, 5.41) is 11.2. The molecule has 1 N–H and O–H groups in total. The fourth-order valence-corrected chi connectivity index (χ4v) is 4.27. The molecule has 0 aliphatic heterocycles. The molecule has 0 unspecified atom stereocenters.